The minimum absolute atomic E-state index is 0.0657. The molecule has 2 amide bonds. The van der Waals surface area contributed by atoms with Gasteiger partial charge in [0.05, 0.1) is 18.2 Å². The van der Waals surface area contributed by atoms with Gasteiger partial charge in [0.1, 0.15) is 5.82 Å². The molecule has 1 unspecified atom stereocenters. The average molecular weight is 383 g/mol. The highest BCUT2D eigenvalue weighted by Crippen LogP contribution is 2.29. The Morgan fingerprint density at radius 3 is 2.56 bits per heavy atom. The maximum atomic E-state index is 13.6. The highest BCUT2D eigenvalue weighted by molar-refractivity contribution is 5.92. The number of hydrogen-bond donors (Lipinski definition) is 1. The van der Waals surface area contributed by atoms with Crippen LogP contribution in [0.5, 0.6) is 0 Å². The summed E-state index contributed by atoms with van der Waals surface area (Å²) in [5, 5.41) is 2.54. The number of alkyl halides is 2. The summed E-state index contributed by atoms with van der Waals surface area (Å²) in [6, 6.07) is 5.94. The normalized spacial score (nSPS) is 23.1. The van der Waals surface area contributed by atoms with Gasteiger partial charge in [-0.1, -0.05) is 12.1 Å². The third kappa shape index (κ3) is 5.22. The zero-order valence-corrected chi connectivity index (χ0v) is 15.1. The second-order valence-corrected chi connectivity index (χ2v) is 7.28. The summed E-state index contributed by atoms with van der Waals surface area (Å²) in [4.78, 5) is 28.2. The molecule has 5 nitrogen and oxygen atoms in total. The Kier molecular flexibility index (Phi) is 6.04. The third-order valence-corrected chi connectivity index (χ3v) is 5.18. The van der Waals surface area contributed by atoms with Crippen LogP contribution < -0.4 is 5.32 Å². The molecule has 1 N–H and O–H groups in total. The molecule has 0 aromatic heterocycles. The van der Waals surface area contributed by atoms with E-state index in [0.29, 0.717) is 19.5 Å². The van der Waals surface area contributed by atoms with Crippen molar-refractivity contribution in [3.8, 4) is 0 Å². The van der Waals surface area contributed by atoms with Gasteiger partial charge in [0.15, 0.2) is 0 Å². The van der Waals surface area contributed by atoms with Crippen LogP contribution >= 0.6 is 0 Å². The summed E-state index contributed by atoms with van der Waals surface area (Å²) in [6.45, 7) is 1.31. The molecule has 0 bridgehead atoms. The highest BCUT2D eigenvalue weighted by atomic mass is 19.3. The van der Waals surface area contributed by atoms with Crippen LogP contribution in [0.2, 0.25) is 0 Å². The lowest BCUT2D eigenvalue weighted by atomic mass is 9.95. The number of benzene rings is 1. The molecule has 2 saturated heterocycles. The van der Waals surface area contributed by atoms with Crippen LogP contribution in [0, 0.1) is 11.7 Å². The number of para-hydroxylation sites is 1. The van der Waals surface area contributed by atoms with E-state index in [9.17, 15) is 22.8 Å². The summed E-state index contributed by atoms with van der Waals surface area (Å²) >= 11 is 0. The molecule has 8 heteroatoms. The average Bonchev–Trinajstić information content (AvgIpc) is 2.63. The quantitative estimate of drug-likeness (QED) is 0.870. The number of piperidine rings is 2. The largest absolute Gasteiger partial charge is 0.342 e. The topological polar surface area (TPSA) is 52.7 Å². The van der Waals surface area contributed by atoms with Crippen LogP contribution in [0.1, 0.15) is 25.7 Å². The van der Waals surface area contributed by atoms with Gasteiger partial charge >= 0.3 is 0 Å². The van der Waals surface area contributed by atoms with Crippen molar-refractivity contribution in [2.24, 2.45) is 5.92 Å². The Hall–Kier alpha value is -2.09. The Morgan fingerprint density at radius 1 is 1.15 bits per heavy atom. The molecule has 3 rings (SSSR count). The van der Waals surface area contributed by atoms with Gasteiger partial charge in [-0.2, -0.15) is 0 Å². The minimum Gasteiger partial charge on any atom is -0.342 e. The molecule has 0 radical (unpaired) electrons. The molecule has 2 aliphatic heterocycles. The van der Waals surface area contributed by atoms with E-state index in [2.05, 4.69) is 5.32 Å². The lowest BCUT2D eigenvalue weighted by Crippen LogP contribution is -2.49. The van der Waals surface area contributed by atoms with Crippen LogP contribution in [0.4, 0.5) is 18.9 Å². The Balaban J connectivity index is 1.51. The fraction of sp³-hybridized carbons (Fsp3) is 0.579. The van der Waals surface area contributed by atoms with Crippen molar-refractivity contribution >= 4 is 17.5 Å². The molecule has 27 heavy (non-hydrogen) atoms. The van der Waals surface area contributed by atoms with Crippen molar-refractivity contribution in [1.82, 2.24) is 9.80 Å². The molecular weight excluding hydrogens is 359 g/mol. The number of rotatable bonds is 4. The lowest BCUT2D eigenvalue weighted by Gasteiger charge is -2.37. The zero-order valence-electron chi connectivity index (χ0n) is 15.1. The summed E-state index contributed by atoms with van der Waals surface area (Å²) in [6.07, 6.45) is 0.866. The molecule has 0 aliphatic carbocycles. The van der Waals surface area contributed by atoms with Gasteiger partial charge < -0.3 is 10.2 Å². The van der Waals surface area contributed by atoms with Crippen LogP contribution in [0.3, 0.4) is 0 Å². The van der Waals surface area contributed by atoms with Crippen LogP contribution in [-0.2, 0) is 9.59 Å². The molecule has 2 aliphatic rings. The number of nitrogens with one attached hydrogen (secondary N) is 1. The number of carbonyl (C=O) groups is 2. The van der Waals surface area contributed by atoms with E-state index in [1.54, 1.807) is 12.1 Å². The van der Waals surface area contributed by atoms with E-state index in [-0.39, 0.29) is 55.9 Å². The van der Waals surface area contributed by atoms with E-state index in [4.69, 9.17) is 0 Å². The predicted molar refractivity (Wildman–Crippen MR) is 95.0 cm³/mol. The zero-order chi connectivity index (χ0) is 19.4. The molecule has 1 aromatic rings. The highest BCUT2D eigenvalue weighted by Gasteiger charge is 2.38. The summed E-state index contributed by atoms with van der Waals surface area (Å²) < 4.78 is 40.2. The summed E-state index contributed by atoms with van der Waals surface area (Å²) in [7, 11) is 0. The monoisotopic (exact) mass is 383 g/mol. The molecule has 0 spiro atoms. The van der Waals surface area contributed by atoms with Gasteiger partial charge in [-0.25, -0.2) is 13.2 Å². The van der Waals surface area contributed by atoms with Crippen LogP contribution in [-0.4, -0.2) is 60.3 Å². The number of nitrogens with zero attached hydrogens (tertiary/aromatic N) is 2. The number of carbonyl (C=O) groups excluding carboxylic acids is 2. The SMILES string of the molecule is O=C(CN1CCCC(C(=O)N2CCC(F)(F)CC2)C1)Nc1ccccc1F. The number of amides is 2. The fourth-order valence-electron chi connectivity index (χ4n) is 3.67. The first-order valence-electron chi connectivity index (χ1n) is 9.27. The van der Waals surface area contributed by atoms with Crippen molar-refractivity contribution in [1.29, 1.82) is 0 Å². The Morgan fingerprint density at radius 2 is 1.85 bits per heavy atom. The first kappa shape index (κ1) is 19.7. The van der Waals surface area contributed by atoms with Gasteiger partial charge in [-0.3, -0.25) is 14.5 Å². The van der Waals surface area contributed by atoms with E-state index >= 15 is 0 Å². The third-order valence-electron chi connectivity index (χ3n) is 5.18. The number of anilines is 1. The van der Waals surface area contributed by atoms with Crippen molar-refractivity contribution in [3.05, 3.63) is 30.1 Å². The van der Waals surface area contributed by atoms with Gasteiger partial charge in [0.25, 0.3) is 5.92 Å². The maximum absolute atomic E-state index is 13.6. The molecule has 2 fully saturated rings. The van der Waals surface area contributed by atoms with E-state index in [0.717, 1.165) is 6.42 Å². The minimum atomic E-state index is -2.68. The first-order valence-corrected chi connectivity index (χ1v) is 9.27. The molecule has 1 aromatic carbocycles. The van der Waals surface area contributed by atoms with E-state index in [1.807, 2.05) is 4.90 Å². The van der Waals surface area contributed by atoms with Crippen molar-refractivity contribution < 1.29 is 22.8 Å². The number of hydrogen-bond acceptors (Lipinski definition) is 3. The van der Waals surface area contributed by atoms with Crippen LogP contribution in [0.25, 0.3) is 0 Å². The Bertz CT molecular complexity index is 689. The van der Waals surface area contributed by atoms with Gasteiger partial charge in [-0.05, 0) is 31.5 Å². The van der Waals surface area contributed by atoms with Gasteiger partial charge in [-0.15, -0.1) is 0 Å². The second-order valence-electron chi connectivity index (χ2n) is 7.28. The van der Waals surface area contributed by atoms with Crippen molar-refractivity contribution in [3.63, 3.8) is 0 Å². The van der Waals surface area contributed by atoms with Gasteiger partial charge in [0, 0.05) is 32.5 Å². The molecular formula is C19H24F3N3O2. The van der Waals surface area contributed by atoms with E-state index in [1.165, 1.54) is 17.0 Å². The van der Waals surface area contributed by atoms with Crippen molar-refractivity contribution in [2.75, 3.05) is 38.0 Å². The molecule has 2 heterocycles. The lowest BCUT2D eigenvalue weighted by molar-refractivity contribution is -0.143. The number of likely N-dealkylation sites (tertiary alicyclic amines) is 2. The number of halogens is 3. The molecule has 1 atom stereocenters. The first-order chi connectivity index (χ1) is 12.8. The Labute approximate surface area is 156 Å². The smallest absolute Gasteiger partial charge is 0.251 e. The fourth-order valence-corrected chi connectivity index (χ4v) is 3.67. The summed E-state index contributed by atoms with van der Waals surface area (Å²) in [5.74, 6) is -3.91. The standard InChI is InChI=1S/C19H24F3N3O2/c20-15-5-1-2-6-16(15)23-17(26)13-24-9-3-4-14(12-24)18(27)25-10-7-19(21,22)8-11-25/h1-2,5-6,14H,3-4,7-13H2,(H,23,26). The molecule has 148 valence electrons. The summed E-state index contributed by atoms with van der Waals surface area (Å²) in [5.41, 5.74) is 0.126. The van der Waals surface area contributed by atoms with E-state index < -0.39 is 11.7 Å². The maximum Gasteiger partial charge on any atom is 0.251 e. The van der Waals surface area contributed by atoms with Gasteiger partial charge in [0.2, 0.25) is 11.8 Å². The second kappa shape index (κ2) is 8.29. The molecule has 0 saturated carbocycles. The van der Waals surface area contributed by atoms with Crippen molar-refractivity contribution in [2.45, 2.75) is 31.6 Å². The van der Waals surface area contributed by atoms with Crippen LogP contribution in [0.15, 0.2) is 24.3 Å². The predicted octanol–water partition coefficient (Wildman–Crippen LogP) is 2.73.